The Labute approximate surface area is 166 Å². The highest BCUT2D eigenvalue weighted by atomic mass is 35.5. The number of esters is 1. The number of benzene rings is 2. The average molecular weight is 407 g/mol. The van der Waals surface area contributed by atoms with Crippen molar-refractivity contribution in [2.45, 2.75) is 4.90 Å². The van der Waals surface area contributed by atoms with Crippen molar-refractivity contribution in [2.24, 2.45) is 0 Å². The molecule has 0 saturated heterocycles. The normalized spacial score (nSPS) is 10.2. The fourth-order valence-electron chi connectivity index (χ4n) is 1.97. The number of rotatable bonds is 7. The molecule has 0 saturated carbocycles. The largest absolute Gasteiger partial charge is 0.452 e. The second-order valence-corrected chi connectivity index (χ2v) is 7.16. The summed E-state index contributed by atoms with van der Waals surface area (Å²) in [7, 11) is 3.34. The van der Waals surface area contributed by atoms with Gasteiger partial charge in [-0.1, -0.05) is 23.7 Å². The number of nitrogens with one attached hydrogen (secondary N) is 1. The van der Waals surface area contributed by atoms with Crippen LogP contribution in [0.1, 0.15) is 10.4 Å². The molecule has 1 N–H and O–H groups in total. The van der Waals surface area contributed by atoms with Crippen LogP contribution in [0.25, 0.3) is 0 Å². The van der Waals surface area contributed by atoms with E-state index in [9.17, 15) is 14.4 Å². The molecule has 0 spiro atoms. The van der Waals surface area contributed by atoms with Crippen LogP contribution in [0.15, 0.2) is 53.4 Å². The van der Waals surface area contributed by atoms with Gasteiger partial charge in [0.05, 0.1) is 11.3 Å². The molecule has 6 nitrogen and oxygen atoms in total. The van der Waals surface area contributed by atoms with Crippen LogP contribution >= 0.6 is 23.4 Å². The molecule has 27 heavy (non-hydrogen) atoms. The molecule has 0 atom stereocenters. The first-order valence-corrected chi connectivity index (χ1v) is 9.37. The summed E-state index contributed by atoms with van der Waals surface area (Å²) in [4.78, 5) is 38.1. The zero-order valence-corrected chi connectivity index (χ0v) is 16.5. The molecule has 0 bridgehead atoms. The van der Waals surface area contributed by atoms with E-state index in [0.29, 0.717) is 21.2 Å². The fraction of sp³-hybridized carbons (Fsp3) is 0.211. The molecule has 2 amide bonds. The second-order valence-electron chi connectivity index (χ2n) is 5.70. The molecule has 0 unspecified atom stereocenters. The van der Waals surface area contributed by atoms with Crippen molar-refractivity contribution in [3.63, 3.8) is 0 Å². The lowest BCUT2D eigenvalue weighted by Crippen LogP contribution is -2.23. The van der Waals surface area contributed by atoms with Gasteiger partial charge < -0.3 is 15.0 Å². The van der Waals surface area contributed by atoms with Gasteiger partial charge in [0.25, 0.3) is 5.91 Å². The van der Waals surface area contributed by atoms with Crippen LogP contribution in [-0.2, 0) is 14.3 Å². The Balaban J connectivity index is 1.92. The summed E-state index contributed by atoms with van der Waals surface area (Å²) >= 11 is 7.03. The number of carbonyl (C=O) groups excluding carboxylic acids is 3. The van der Waals surface area contributed by atoms with Gasteiger partial charge in [0, 0.05) is 29.7 Å². The van der Waals surface area contributed by atoms with Gasteiger partial charge in [-0.15, -0.1) is 11.8 Å². The second kappa shape index (κ2) is 9.99. The van der Waals surface area contributed by atoms with Crippen molar-refractivity contribution in [1.29, 1.82) is 0 Å². The molecule has 2 rings (SSSR count). The first kappa shape index (κ1) is 20.8. The number of amides is 2. The smallest absolute Gasteiger partial charge is 0.339 e. The molecular formula is C19H19ClN2O4S. The SMILES string of the molecule is CN(C)C(=O)CSc1ccccc1C(=O)OCC(=O)Nc1ccc(Cl)cc1. The van der Waals surface area contributed by atoms with E-state index >= 15 is 0 Å². The van der Waals surface area contributed by atoms with Gasteiger partial charge in [0.1, 0.15) is 0 Å². The van der Waals surface area contributed by atoms with E-state index in [-0.39, 0.29) is 11.7 Å². The standard InChI is InChI=1S/C19H19ClN2O4S/c1-22(2)18(24)12-27-16-6-4-3-5-15(16)19(25)26-11-17(23)21-14-9-7-13(20)8-10-14/h3-10H,11-12H2,1-2H3,(H,21,23). The molecular weight excluding hydrogens is 388 g/mol. The summed E-state index contributed by atoms with van der Waals surface area (Å²) in [5, 5.41) is 3.17. The number of hydrogen-bond acceptors (Lipinski definition) is 5. The van der Waals surface area contributed by atoms with E-state index in [1.807, 2.05) is 0 Å². The quantitative estimate of drug-likeness (QED) is 0.564. The monoisotopic (exact) mass is 406 g/mol. The number of halogens is 1. The Bertz CT molecular complexity index is 825. The van der Waals surface area contributed by atoms with Crippen LogP contribution in [0.5, 0.6) is 0 Å². The minimum atomic E-state index is -0.623. The topological polar surface area (TPSA) is 75.7 Å². The molecule has 142 valence electrons. The Morgan fingerprint density at radius 2 is 1.74 bits per heavy atom. The van der Waals surface area contributed by atoms with Crippen LogP contribution in [0.3, 0.4) is 0 Å². The van der Waals surface area contributed by atoms with Gasteiger partial charge >= 0.3 is 5.97 Å². The van der Waals surface area contributed by atoms with Gasteiger partial charge in [0.2, 0.25) is 5.91 Å². The molecule has 0 heterocycles. The van der Waals surface area contributed by atoms with Crippen molar-refractivity contribution in [3.05, 3.63) is 59.1 Å². The Hall–Kier alpha value is -2.51. The molecule has 0 aliphatic rings. The molecule has 0 fully saturated rings. The van der Waals surface area contributed by atoms with Crippen molar-refractivity contribution in [1.82, 2.24) is 4.90 Å². The summed E-state index contributed by atoms with van der Waals surface area (Å²) in [5.74, 6) is -0.945. The van der Waals surface area contributed by atoms with Gasteiger partial charge in [-0.3, -0.25) is 9.59 Å². The van der Waals surface area contributed by atoms with Crippen molar-refractivity contribution >= 4 is 46.8 Å². The first-order chi connectivity index (χ1) is 12.9. The lowest BCUT2D eigenvalue weighted by Gasteiger charge is -2.12. The lowest BCUT2D eigenvalue weighted by atomic mass is 10.2. The minimum absolute atomic E-state index is 0.0643. The Kier molecular flexibility index (Phi) is 7.69. The lowest BCUT2D eigenvalue weighted by molar-refractivity contribution is -0.125. The number of ether oxygens (including phenoxy) is 1. The molecule has 0 aliphatic carbocycles. The molecule has 8 heteroatoms. The summed E-state index contributed by atoms with van der Waals surface area (Å²) in [5.41, 5.74) is 0.868. The fourth-order valence-corrected chi connectivity index (χ4v) is 3.11. The van der Waals surface area contributed by atoms with Crippen LogP contribution in [0, 0.1) is 0 Å². The number of anilines is 1. The van der Waals surface area contributed by atoms with Crippen molar-refractivity contribution in [3.8, 4) is 0 Å². The third-order valence-corrected chi connectivity index (χ3v) is 4.73. The molecule has 2 aromatic carbocycles. The van der Waals surface area contributed by atoms with Crippen molar-refractivity contribution in [2.75, 3.05) is 31.8 Å². The number of hydrogen-bond donors (Lipinski definition) is 1. The third kappa shape index (κ3) is 6.62. The van der Waals surface area contributed by atoms with Crippen LogP contribution < -0.4 is 5.32 Å². The highest BCUT2D eigenvalue weighted by Gasteiger charge is 2.16. The van der Waals surface area contributed by atoms with Crippen LogP contribution in [-0.4, -0.2) is 49.1 Å². The van der Waals surface area contributed by atoms with E-state index in [1.54, 1.807) is 62.6 Å². The predicted molar refractivity (Wildman–Crippen MR) is 106 cm³/mol. The van der Waals surface area contributed by atoms with E-state index in [1.165, 1.54) is 16.7 Å². The third-order valence-electron chi connectivity index (χ3n) is 3.42. The van der Waals surface area contributed by atoms with Gasteiger partial charge in [-0.05, 0) is 36.4 Å². The van der Waals surface area contributed by atoms with Crippen molar-refractivity contribution < 1.29 is 19.1 Å². The number of nitrogens with zero attached hydrogens (tertiary/aromatic N) is 1. The van der Waals surface area contributed by atoms with Gasteiger partial charge in [-0.2, -0.15) is 0 Å². The highest BCUT2D eigenvalue weighted by Crippen LogP contribution is 2.23. The zero-order valence-electron chi connectivity index (χ0n) is 14.9. The average Bonchev–Trinajstić information content (AvgIpc) is 2.66. The maximum absolute atomic E-state index is 12.3. The maximum atomic E-state index is 12.3. The zero-order chi connectivity index (χ0) is 19.8. The first-order valence-electron chi connectivity index (χ1n) is 8.01. The maximum Gasteiger partial charge on any atom is 0.339 e. The number of carbonyl (C=O) groups is 3. The Morgan fingerprint density at radius 1 is 1.07 bits per heavy atom. The van der Waals surface area contributed by atoms with E-state index < -0.39 is 18.5 Å². The summed E-state index contributed by atoms with van der Waals surface area (Å²) in [6.07, 6.45) is 0. The van der Waals surface area contributed by atoms with Gasteiger partial charge in [-0.25, -0.2) is 4.79 Å². The summed E-state index contributed by atoms with van der Waals surface area (Å²) < 4.78 is 5.10. The summed E-state index contributed by atoms with van der Waals surface area (Å²) in [6.45, 7) is -0.420. The van der Waals surface area contributed by atoms with Gasteiger partial charge in [0.15, 0.2) is 6.61 Å². The van der Waals surface area contributed by atoms with Crippen LogP contribution in [0.2, 0.25) is 5.02 Å². The molecule has 0 aromatic heterocycles. The van der Waals surface area contributed by atoms with E-state index in [2.05, 4.69) is 5.32 Å². The van der Waals surface area contributed by atoms with E-state index in [4.69, 9.17) is 16.3 Å². The predicted octanol–water partition coefficient (Wildman–Crippen LogP) is 3.32. The Morgan fingerprint density at radius 3 is 2.41 bits per heavy atom. The van der Waals surface area contributed by atoms with Crippen LogP contribution in [0.4, 0.5) is 5.69 Å². The van der Waals surface area contributed by atoms with E-state index in [0.717, 1.165) is 0 Å². The highest BCUT2D eigenvalue weighted by molar-refractivity contribution is 8.00. The molecule has 0 aliphatic heterocycles. The molecule has 2 aromatic rings. The number of thioether (sulfide) groups is 1. The minimum Gasteiger partial charge on any atom is -0.452 e. The molecule has 0 radical (unpaired) electrons. The summed E-state index contributed by atoms with van der Waals surface area (Å²) in [6, 6.07) is 13.4.